The van der Waals surface area contributed by atoms with Gasteiger partial charge in [-0.1, -0.05) is 19.8 Å². The highest BCUT2D eigenvalue weighted by Crippen LogP contribution is 2.14. The lowest BCUT2D eigenvalue weighted by Gasteiger charge is -2.27. The molecule has 1 atom stereocenters. The predicted octanol–water partition coefficient (Wildman–Crippen LogP) is 3.03. The van der Waals surface area contributed by atoms with Crippen molar-refractivity contribution in [3.05, 3.63) is 0 Å². The maximum Gasteiger partial charge on any atom is 0.00674 e. The van der Waals surface area contributed by atoms with E-state index in [9.17, 15) is 0 Å². The third-order valence-electron chi connectivity index (χ3n) is 3.67. The van der Waals surface area contributed by atoms with Gasteiger partial charge in [0.05, 0.1) is 0 Å². The van der Waals surface area contributed by atoms with E-state index >= 15 is 0 Å². The second-order valence-corrected chi connectivity index (χ2v) is 5.19. The average molecular weight is 226 g/mol. The van der Waals surface area contributed by atoms with Crippen LogP contribution in [0.1, 0.15) is 58.8 Å². The molecule has 0 saturated carbocycles. The average Bonchev–Trinajstić information content (AvgIpc) is 2.57. The van der Waals surface area contributed by atoms with Crippen LogP contribution in [-0.2, 0) is 0 Å². The molecule has 1 heterocycles. The molecule has 1 unspecified atom stereocenters. The van der Waals surface area contributed by atoms with Gasteiger partial charge in [-0.15, -0.1) is 0 Å². The molecule has 0 aromatic heterocycles. The Morgan fingerprint density at radius 3 is 2.38 bits per heavy atom. The molecular weight excluding hydrogens is 196 g/mol. The standard InChI is InChI=1S/C14H30N2/c1-3-10-15-11-8-9-14(2)16-12-6-4-5-7-13-16/h14-15H,3-13H2,1-2H3. The Balaban J connectivity index is 2.05. The number of likely N-dealkylation sites (tertiary alicyclic amines) is 1. The summed E-state index contributed by atoms with van der Waals surface area (Å²) in [7, 11) is 0. The summed E-state index contributed by atoms with van der Waals surface area (Å²) < 4.78 is 0. The highest BCUT2D eigenvalue weighted by atomic mass is 15.1. The first-order valence-electron chi connectivity index (χ1n) is 7.29. The fourth-order valence-electron chi connectivity index (χ4n) is 2.54. The lowest BCUT2D eigenvalue weighted by atomic mass is 10.1. The molecule has 0 radical (unpaired) electrons. The number of nitrogens with zero attached hydrogens (tertiary/aromatic N) is 1. The highest BCUT2D eigenvalue weighted by Gasteiger charge is 2.14. The topological polar surface area (TPSA) is 15.3 Å². The fraction of sp³-hybridized carbons (Fsp3) is 1.00. The van der Waals surface area contributed by atoms with Crippen molar-refractivity contribution < 1.29 is 0 Å². The van der Waals surface area contributed by atoms with Gasteiger partial charge in [-0.2, -0.15) is 0 Å². The number of hydrogen-bond acceptors (Lipinski definition) is 2. The molecule has 0 aliphatic carbocycles. The first-order valence-corrected chi connectivity index (χ1v) is 7.29. The third-order valence-corrected chi connectivity index (χ3v) is 3.67. The molecule has 16 heavy (non-hydrogen) atoms. The van der Waals surface area contributed by atoms with E-state index in [1.807, 2.05) is 0 Å². The van der Waals surface area contributed by atoms with Crippen LogP contribution in [0.2, 0.25) is 0 Å². The normalized spacial score (nSPS) is 20.6. The van der Waals surface area contributed by atoms with Crippen molar-refractivity contribution in [1.82, 2.24) is 10.2 Å². The van der Waals surface area contributed by atoms with Crippen LogP contribution in [0.4, 0.5) is 0 Å². The van der Waals surface area contributed by atoms with E-state index in [1.54, 1.807) is 0 Å². The van der Waals surface area contributed by atoms with Crippen LogP contribution in [0.5, 0.6) is 0 Å². The summed E-state index contributed by atoms with van der Waals surface area (Å²) >= 11 is 0. The van der Waals surface area contributed by atoms with Crippen LogP contribution in [0.25, 0.3) is 0 Å². The van der Waals surface area contributed by atoms with Crippen molar-refractivity contribution in [1.29, 1.82) is 0 Å². The third kappa shape index (κ3) is 5.86. The smallest absolute Gasteiger partial charge is 0.00674 e. The van der Waals surface area contributed by atoms with E-state index in [0.29, 0.717) is 0 Å². The largest absolute Gasteiger partial charge is 0.317 e. The summed E-state index contributed by atoms with van der Waals surface area (Å²) in [5.41, 5.74) is 0. The molecule has 1 fully saturated rings. The minimum absolute atomic E-state index is 0.793. The second kappa shape index (κ2) is 9.00. The number of nitrogens with one attached hydrogen (secondary N) is 1. The van der Waals surface area contributed by atoms with Gasteiger partial charge < -0.3 is 10.2 Å². The van der Waals surface area contributed by atoms with Gasteiger partial charge in [-0.3, -0.25) is 0 Å². The van der Waals surface area contributed by atoms with Gasteiger partial charge in [0.2, 0.25) is 0 Å². The van der Waals surface area contributed by atoms with E-state index in [4.69, 9.17) is 0 Å². The quantitative estimate of drug-likeness (QED) is 0.671. The van der Waals surface area contributed by atoms with Crippen molar-refractivity contribution in [2.45, 2.75) is 64.8 Å². The molecule has 1 rings (SSSR count). The van der Waals surface area contributed by atoms with Crippen molar-refractivity contribution >= 4 is 0 Å². The Morgan fingerprint density at radius 1 is 1.06 bits per heavy atom. The monoisotopic (exact) mass is 226 g/mol. The minimum Gasteiger partial charge on any atom is -0.317 e. The Kier molecular flexibility index (Phi) is 7.87. The molecule has 1 N–H and O–H groups in total. The first-order chi connectivity index (χ1) is 7.84. The van der Waals surface area contributed by atoms with Crippen LogP contribution in [0, 0.1) is 0 Å². The van der Waals surface area contributed by atoms with E-state index in [2.05, 4.69) is 24.1 Å². The van der Waals surface area contributed by atoms with Crippen molar-refractivity contribution in [3.63, 3.8) is 0 Å². The van der Waals surface area contributed by atoms with E-state index in [0.717, 1.165) is 6.04 Å². The van der Waals surface area contributed by atoms with Crippen LogP contribution >= 0.6 is 0 Å². The van der Waals surface area contributed by atoms with Crippen LogP contribution < -0.4 is 5.32 Å². The highest BCUT2D eigenvalue weighted by molar-refractivity contribution is 4.70. The van der Waals surface area contributed by atoms with Gasteiger partial charge in [-0.25, -0.2) is 0 Å². The summed E-state index contributed by atoms with van der Waals surface area (Å²) in [6.45, 7) is 9.69. The Hall–Kier alpha value is -0.0800. The van der Waals surface area contributed by atoms with Crippen LogP contribution in [-0.4, -0.2) is 37.1 Å². The molecule has 2 nitrogen and oxygen atoms in total. The fourth-order valence-corrected chi connectivity index (χ4v) is 2.54. The van der Waals surface area contributed by atoms with Gasteiger partial charge in [0, 0.05) is 6.04 Å². The zero-order valence-electron chi connectivity index (χ0n) is 11.3. The summed E-state index contributed by atoms with van der Waals surface area (Å²) in [4.78, 5) is 2.70. The van der Waals surface area contributed by atoms with Gasteiger partial charge in [0.25, 0.3) is 0 Å². The molecule has 1 saturated heterocycles. The second-order valence-electron chi connectivity index (χ2n) is 5.19. The SMILES string of the molecule is CCCNCCCC(C)N1CCCCCC1. The molecule has 1 aliphatic heterocycles. The summed E-state index contributed by atoms with van der Waals surface area (Å²) in [5, 5.41) is 3.49. The molecule has 96 valence electrons. The zero-order valence-corrected chi connectivity index (χ0v) is 11.3. The maximum absolute atomic E-state index is 3.49. The van der Waals surface area contributed by atoms with Crippen LogP contribution in [0.15, 0.2) is 0 Å². The summed E-state index contributed by atoms with van der Waals surface area (Å²) in [6.07, 6.45) is 9.66. The Labute approximate surface area is 102 Å². The molecular formula is C14H30N2. The lowest BCUT2D eigenvalue weighted by Crippen LogP contribution is -2.34. The summed E-state index contributed by atoms with van der Waals surface area (Å²) in [5.74, 6) is 0. The van der Waals surface area contributed by atoms with Gasteiger partial charge in [0.1, 0.15) is 0 Å². The maximum atomic E-state index is 3.49. The molecule has 0 bridgehead atoms. The van der Waals surface area contributed by atoms with E-state index in [1.165, 1.54) is 71.1 Å². The zero-order chi connectivity index (χ0) is 11.6. The molecule has 1 aliphatic rings. The predicted molar refractivity (Wildman–Crippen MR) is 71.9 cm³/mol. The molecule has 0 aromatic carbocycles. The van der Waals surface area contributed by atoms with Crippen LogP contribution in [0.3, 0.4) is 0 Å². The van der Waals surface area contributed by atoms with Crippen molar-refractivity contribution in [2.75, 3.05) is 26.2 Å². The molecule has 0 spiro atoms. The van der Waals surface area contributed by atoms with Gasteiger partial charge >= 0.3 is 0 Å². The van der Waals surface area contributed by atoms with E-state index < -0.39 is 0 Å². The summed E-state index contributed by atoms with van der Waals surface area (Å²) in [6, 6.07) is 0.793. The Bertz CT molecular complexity index is 151. The molecule has 0 aromatic rings. The van der Waals surface area contributed by atoms with Gasteiger partial charge in [-0.05, 0) is 65.2 Å². The van der Waals surface area contributed by atoms with Crippen molar-refractivity contribution in [3.8, 4) is 0 Å². The molecule has 2 heteroatoms. The molecule has 0 amide bonds. The van der Waals surface area contributed by atoms with Gasteiger partial charge in [0.15, 0.2) is 0 Å². The number of rotatable bonds is 7. The van der Waals surface area contributed by atoms with E-state index in [-0.39, 0.29) is 0 Å². The Morgan fingerprint density at radius 2 is 1.75 bits per heavy atom. The minimum atomic E-state index is 0.793. The van der Waals surface area contributed by atoms with Crippen molar-refractivity contribution in [2.24, 2.45) is 0 Å². The number of hydrogen-bond donors (Lipinski definition) is 1. The first kappa shape index (κ1) is 14.0. The lowest BCUT2D eigenvalue weighted by molar-refractivity contribution is 0.204.